The van der Waals surface area contributed by atoms with Crippen molar-refractivity contribution >= 4 is 5.69 Å². The molecule has 2 N–H and O–H groups in total. The lowest BCUT2D eigenvalue weighted by Gasteiger charge is -2.43. The zero-order chi connectivity index (χ0) is 14.8. The molecule has 1 aliphatic carbocycles. The number of nitrogens with one attached hydrogen (secondary N) is 1. The molecule has 3 rings (SSSR count). The number of anilines is 1. The Balaban J connectivity index is 1.73. The SMILES string of the molecule is COc1ccccc1NC1(CO)CCC2(CC1)OCCO2. The first-order valence-electron chi connectivity index (χ1n) is 7.51. The maximum atomic E-state index is 9.91. The van der Waals surface area contributed by atoms with Crippen LogP contribution >= 0.6 is 0 Å². The van der Waals surface area contributed by atoms with E-state index in [0.717, 1.165) is 37.1 Å². The molecule has 1 aromatic carbocycles. The second kappa shape index (κ2) is 5.83. The van der Waals surface area contributed by atoms with Crippen molar-refractivity contribution < 1.29 is 19.3 Å². The average molecular weight is 293 g/mol. The molecule has 0 atom stereocenters. The van der Waals surface area contributed by atoms with E-state index in [9.17, 15) is 5.11 Å². The summed E-state index contributed by atoms with van der Waals surface area (Å²) in [4.78, 5) is 0. The Morgan fingerprint density at radius 2 is 1.81 bits per heavy atom. The number of methoxy groups -OCH3 is 1. The van der Waals surface area contributed by atoms with Gasteiger partial charge in [0.2, 0.25) is 0 Å². The Labute approximate surface area is 125 Å². The Hall–Kier alpha value is -1.30. The molecule has 2 aliphatic rings. The number of aliphatic hydroxyl groups is 1. The summed E-state index contributed by atoms with van der Waals surface area (Å²) in [6.45, 7) is 1.43. The average Bonchev–Trinajstić information content (AvgIpc) is 2.99. The van der Waals surface area contributed by atoms with Crippen LogP contribution in [0.5, 0.6) is 5.75 Å². The number of benzene rings is 1. The second-order valence-corrected chi connectivity index (χ2v) is 5.87. The van der Waals surface area contributed by atoms with E-state index in [-0.39, 0.29) is 12.1 Å². The molecule has 1 heterocycles. The Bertz CT molecular complexity index is 475. The highest BCUT2D eigenvalue weighted by Crippen LogP contribution is 2.42. The number of ether oxygens (including phenoxy) is 3. The summed E-state index contributed by atoms with van der Waals surface area (Å²) in [5.74, 6) is 0.375. The molecule has 1 saturated heterocycles. The van der Waals surface area contributed by atoms with Crippen molar-refractivity contribution in [3.63, 3.8) is 0 Å². The zero-order valence-corrected chi connectivity index (χ0v) is 12.4. The van der Waals surface area contributed by atoms with Crippen LogP contribution in [0.15, 0.2) is 24.3 Å². The maximum absolute atomic E-state index is 9.91. The van der Waals surface area contributed by atoms with Crippen LogP contribution in [0.1, 0.15) is 25.7 Å². The summed E-state index contributed by atoms with van der Waals surface area (Å²) in [5.41, 5.74) is 0.577. The molecule has 0 amide bonds. The van der Waals surface area contributed by atoms with E-state index in [1.807, 2.05) is 24.3 Å². The number of hydrogen-bond acceptors (Lipinski definition) is 5. The lowest BCUT2D eigenvalue weighted by Crippen LogP contribution is -2.50. The van der Waals surface area contributed by atoms with Gasteiger partial charge in [-0.2, -0.15) is 0 Å². The molecule has 116 valence electrons. The fourth-order valence-corrected chi connectivity index (χ4v) is 3.25. The van der Waals surface area contributed by atoms with E-state index < -0.39 is 5.79 Å². The van der Waals surface area contributed by atoms with Gasteiger partial charge in [0.25, 0.3) is 0 Å². The second-order valence-electron chi connectivity index (χ2n) is 5.87. The van der Waals surface area contributed by atoms with Crippen molar-refractivity contribution in [3.05, 3.63) is 24.3 Å². The van der Waals surface area contributed by atoms with Crippen LogP contribution in [0, 0.1) is 0 Å². The van der Waals surface area contributed by atoms with Crippen LogP contribution in [0.2, 0.25) is 0 Å². The normalized spacial score (nSPS) is 23.1. The summed E-state index contributed by atoms with van der Waals surface area (Å²) in [6, 6.07) is 7.79. The first kappa shape index (κ1) is 14.6. The van der Waals surface area contributed by atoms with Gasteiger partial charge in [-0.3, -0.25) is 0 Å². The summed E-state index contributed by atoms with van der Waals surface area (Å²) >= 11 is 0. The quantitative estimate of drug-likeness (QED) is 0.891. The molecule has 1 saturated carbocycles. The molecule has 21 heavy (non-hydrogen) atoms. The summed E-state index contributed by atoms with van der Waals surface area (Å²) in [7, 11) is 1.65. The molecule has 2 fully saturated rings. The largest absolute Gasteiger partial charge is 0.495 e. The lowest BCUT2D eigenvalue weighted by molar-refractivity contribution is -0.184. The zero-order valence-electron chi connectivity index (χ0n) is 12.4. The first-order valence-corrected chi connectivity index (χ1v) is 7.51. The molecule has 5 nitrogen and oxygen atoms in total. The molecule has 0 radical (unpaired) electrons. The number of aliphatic hydroxyl groups excluding tert-OH is 1. The summed E-state index contributed by atoms with van der Waals surface area (Å²) in [5, 5.41) is 13.4. The van der Waals surface area contributed by atoms with Crippen molar-refractivity contribution in [1.29, 1.82) is 0 Å². The lowest BCUT2D eigenvalue weighted by atomic mass is 9.79. The minimum Gasteiger partial charge on any atom is -0.495 e. The van der Waals surface area contributed by atoms with Gasteiger partial charge in [0, 0.05) is 12.8 Å². The van der Waals surface area contributed by atoms with Crippen LogP contribution in [-0.2, 0) is 9.47 Å². The van der Waals surface area contributed by atoms with Gasteiger partial charge >= 0.3 is 0 Å². The Kier molecular flexibility index (Phi) is 4.06. The predicted octanol–water partition coefficient (Wildman–Crippen LogP) is 2.16. The van der Waals surface area contributed by atoms with Gasteiger partial charge in [0.05, 0.1) is 38.2 Å². The molecule has 1 aromatic rings. The van der Waals surface area contributed by atoms with Crippen LogP contribution in [-0.4, -0.2) is 43.4 Å². The molecular formula is C16H23NO4. The van der Waals surface area contributed by atoms with Gasteiger partial charge in [-0.05, 0) is 25.0 Å². The molecular weight excluding hydrogens is 270 g/mol. The van der Waals surface area contributed by atoms with Crippen molar-refractivity contribution in [1.82, 2.24) is 0 Å². The van der Waals surface area contributed by atoms with Crippen LogP contribution < -0.4 is 10.1 Å². The van der Waals surface area contributed by atoms with Gasteiger partial charge in [-0.1, -0.05) is 12.1 Å². The standard InChI is InChI=1S/C16H23NO4/c1-19-14-5-3-2-4-13(14)17-15(12-18)6-8-16(9-7-15)20-10-11-21-16/h2-5,17-18H,6-12H2,1H3. The predicted molar refractivity (Wildman–Crippen MR) is 79.5 cm³/mol. The number of hydrogen-bond donors (Lipinski definition) is 2. The minimum absolute atomic E-state index is 0.0845. The van der Waals surface area contributed by atoms with E-state index in [4.69, 9.17) is 14.2 Å². The highest BCUT2D eigenvalue weighted by Gasteiger charge is 2.46. The topological polar surface area (TPSA) is 60.0 Å². The molecule has 0 unspecified atom stereocenters. The van der Waals surface area contributed by atoms with E-state index in [1.54, 1.807) is 7.11 Å². The molecule has 5 heteroatoms. The third-order valence-electron chi connectivity index (χ3n) is 4.59. The van der Waals surface area contributed by atoms with Crippen LogP contribution in [0.3, 0.4) is 0 Å². The Morgan fingerprint density at radius 1 is 1.14 bits per heavy atom. The minimum atomic E-state index is -0.416. The fourth-order valence-electron chi connectivity index (χ4n) is 3.25. The Morgan fingerprint density at radius 3 is 2.43 bits per heavy atom. The number of rotatable bonds is 4. The van der Waals surface area contributed by atoms with Gasteiger partial charge in [0.15, 0.2) is 5.79 Å². The van der Waals surface area contributed by atoms with Gasteiger partial charge in [0.1, 0.15) is 5.75 Å². The highest BCUT2D eigenvalue weighted by molar-refractivity contribution is 5.57. The van der Waals surface area contributed by atoms with E-state index in [2.05, 4.69) is 5.32 Å². The van der Waals surface area contributed by atoms with E-state index in [1.165, 1.54) is 0 Å². The van der Waals surface area contributed by atoms with Crippen LogP contribution in [0.4, 0.5) is 5.69 Å². The summed E-state index contributed by atoms with van der Waals surface area (Å²) in [6.07, 6.45) is 3.22. The van der Waals surface area contributed by atoms with Gasteiger partial charge in [-0.15, -0.1) is 0 Å². The highest BCUT2D eigenvalue weighted by atomic mass is 16.7. The third kappa shape index (κ3) is 2.86. The third-order valence-corrected chi connectivity index (χ3v) is 4.59. The van der Waals surface area contributed by atoms with Crippen molar-refractivity contribution in [2.24, 2.45) is 0 Å². The monoisotopic (exact) mass is 293 g/mol. The number of para-hydroxylation sites is 2. The van der Waals surface area contributed by atoms with Crippen molar-refractivity contribution in [2.75, 3.05) is 32.2 Å². The van der Waals surface area contributed by atoms with Crippen LogP contribution in [0.25, 0.3) is 0 Å². The molecule has 1 spiro atoms. The summed E-state index contributed by atoms with van der Waals surface area (Å²) < 4.78 is 16.9. The first-order chi connectivity index (χ1) is 10.2. The van der Waals surface area contributed by atoms with E-state index >= 15 is 0 Å². The van der Waals surface area contributed by atoms with Crippen molar-refractivity contribution in [2.45, 2.75) is 37.0 Å². The molecule has 0 bridgehead atoms. The van der Waals surface area contributed by atoms with Gasteiger partial charge in [-0.25, -0.2) is 0 Å². The van der Waals surface area contributed by atoms with Crippen molar-refractivity contribution in [3.8, 4) is 5.75 Å². The van der Waals surface area contributed by atoms with Gasteiger partial charge < -0.3 is 24.6 Å². The van der Waals surface area contributed by atoms with E-state index in [0.29, 0.717) is 13.2 Å². The maximum Gasteiger partial charge on any atom is 0.168 e. The molecule has 0 aromatic heterocycles. The smallest absolute Gasteiger partial charge is 0.168 e. The molecule has 1 aliphatic heterocycles. The fraction of sp³-hybridized carbons (Fsp3) is 0.625.